The summed E-state index contributed by atoms with van der Waals surface area (Å²) in [6.45, 7) is 1.07. The van der Waals surface area contributed by atoms with Crippen LogP contribution in [-0.4, -0.2) is 34.6 Å². The smallest absolute Gasteiger partial charge is 0.348 e. The van der Waals surface area contributed by atoms with Crippen LogP contribution in [0.1, 0.15) is 26.8 Å². The lowest BCUT2D eigenvalue weighted by Crippen LogP contribution is -2.38. The lowest BCUT2D eigenvalue weighted by molar-refractivity contribution is 0.0606. The van der Waals surface area contributed by atoms with E-state index in [1.807, 2.05) is 18.2 Å². The van der Waals surface area contributed by atoms with Crippen LogP contribution in [0.2, 0.25) is 0 Å². The predicted molar refractivity (Wildman–Crippen MR) is 91.7 cm³/mol. The lowest BCUT2D eigenvalue weighted by atomic mass is 9.95. The Bertz CT molecular complexity index is 845. The highest BCUT2D eigenvalue weighted by atomic mass is 32.2. The standard InChI is InChI=1S/C16H18N2O4S2/c1-22-16(19)15-8-12(10-23-15)24(20,21)18-9-14-13-5-3-2-4-11(13)6-7-17-14/h2-5,8,10,14,17-18H,6-7,9H2,1H3. The maximum Gasteiger partial charge on any atom is 0.348 e. The summed E-state index contributed by atoms with van der Waals surface area (Å²) in [6, 6.07) is 9.30. The molecule has 2 aromatic rings. The van der Waals surface area contributed by atoms with Crippen molar-refractivity contribution in [1.82, 2.24) is 10.0 Å². The molecule has 24 heavy (non-hydrogen) atoms. The van der Waals surface area contributed by atoms with Gasteiger partial charge in [0.15, 0.2) is 0 Å². The van der Waals surface area contributed by atoms with Gasteiger partial charge in [-0.25, -0.2) is 17.9 Å². The Morgan fingerprint density at radius 2 is 2.21 bits per heavy atom. The topological polar surface area (TPSA) is 84.5 Å². The van der Waals surface area contributed by atoms with E-state index in [1.165, 1.54) is 24.1 Å². The average Bonchev–Trinajstić information content (AvgIpc) is 3.10. The van der Waals surface area contributed by atoms with Gasteiger partial charge in [0, 0.05) is 18.0 Å². The molecule has 0 spiro atoms. The Labute approximate surface area is 144 Å². The molecule has 1 aromatic heterocycles. The van der Waals surface area contributed by atoms with E-state index in [0.29, 0.717) is 0 Å². The first-order chi connectivity index (χ1) is 11.5. The Balaban J connectivity index is 1.72. The second-order valence-corrected chi connectivity index (χ2v) is 8.12. The third-order valence-electron chi connectivity index (χ3n) is 3.97. The Morgan fingerprint density at radius 1 is 1.42 bits per heavy atom. The van der Waals surface area contributed by atoms with E-state index in [1.54, 1.807) is 0 Å². The van der Waals surface area contributed by atoms with Gasteiger partial charge in [-0.15, -0.1) is 11.3 Å². The first-order valence-electron chi connectivity index (χ1n) is 7.49. The molecule has 0 radical (unpaired) electrons. The molecule has 0 saturated heterocycles. The fraction of sp³-hybridized carbons (Fsp3) is 0.312. The van der Waals surface area contributed by atoms with Crippen LogP contribution in [0.15, 0.2) is 40.6 Å². The number of rotatable bonds is 5. The number of methoxy groups -OCH3 is 1. The van der Waals surface area contributed by atoms with Gasteiger partial charge >= 0.3 is 5.97 Å². The van der Waals surface area contributed by atoms with Gasteiger partial charge in [0.25, 0.3) is 0 Å². The van der Waals surface area contributed by atoms with Crippen molar-refractivity contribution in [2.75, 3.05) is 20.2 Å². The van der Waals surface area contributed by atoms with Gasteiger partial charge in [-0.05, 0) is 30.2 Å². The second-order valence-electron chi connectivity index (χ2n) is 5.45. The maximum atomic E-state index is 12.4. The number of benzene rings is 1. The van der Waals surface area contributed by atoms with Crippen LogP contribution in [0.25, 0.3) is 0 Å². The van der Waals surface area contributed by atoms with Crippen LogP contribution < -0.4 is 10.0 Å². The number of nitrogens with one attached hydrogen (secondary N) is 2. The maximum absolute atomic E-state index is 12.4. The molecule has 2 heterocycles. The molecule has 2 N–H and O–H groups in total. The van der Waals surface area contributed by atoms with Gasteiger partial charge in [0.05, 0.1) is 12.0 Å². The van der Waals surface area contributed by atoms with Crippen molar-refractivity contribution in [3.8, 4) is 0 Å². The molecule has 1 aliphatic rings. The molecule has 0 fully saturated rings. The SMILES string of the molecule is COC(=O)c1cc(S(=O)(=O)NCC2NCCc3ccccc32)cs1. The van der Waals surface area contributed by atoms with Crippen molar-refractivity contribution < 1.29 is 17.9 Å². The molecular formula is C16H18N2O4S2. The zero-order chi connectivity index (χ0) is 17.2. The van der Waals surface area contributed by atoms with Crippen LogP contribution in [0.3, 0.4) is 0 Å². The number of sulfonamides is 1. The van der Waals surface area contributed by atoms with E-state index in [2.05, 4.69) is 20.8 Å². The Kier molecular flexibility index (Phi) is 5.00. The first kappa shape index (κ1) is 17.1. The quantitative estimate of drug-likeness (QED) is 0.787. The number of hydrogen-bond acceptors (Lipinski definition) is 6. The van der Waals surface area contributed by atoms with Gasteiger partial charge in [-0.2, -0.15) is 0 Å². The monoisotopic (exact) mass is 366 g/mol. The van der Waals surface area contributed by atoms with E-state index in [4.69, 9.17) is 0 Å². The molecule has 0 bridgehead atoms. The van der Waals surface area contributed by atoms with Crippen molar-refractivity contribution in [3.63, 3.8) is 0 Å². The summed E-state index contributed by atoms with van der Waals surface area (Å²) in [5.74, 6) is -0.538. The van der Waals surface area contributed by atoms with Crippen molar-refractivity contribution in [2.45, 2.75) is 17.4 Å². The molecule has 1 unspecified atom stereocenters. The minimum Gasteiger partial charge on any atom is -0.465 e. The first-order valence-corrected chi connectivity index (χ1v) is 9.85. The highest BCUT2D eigenvalue weighted by Gasteiger charge is 2.23. The number of ether oxygens (including phenoxy) is 1. The summed E-state index contributed by atoms with van der Waals surface area (Å²) in [5, 5.41) is 4.77. The van der Waals surface area contributed by atoms with Crippen LogP contribution in [0.4, 0.5) is 0 Å². The zero-order valence-corrected chi connectivity index (χ0v) is 14.7. The summed E-state index contributed by atoms with van der Waals surface area (Å²) < 4.78 is 32.1. The minimum absolute atomic E-state index is 0.0663. The number of hydrogen-bond donors (Lipinski definition) is 2. The summed E-state index contributed by atoms with van der Waals surface area (Å²) in [7, 11) is -2.41. The van der Waals surface area contributed by atoms with E-state index in [0.717, 1.165) is 29.9 Å². The van der Waals surface area contributed by atoms with Gasteiger partial charge in [-0.3, -0.25) is 0 Å². The third kappa shape index (κ3) is 3.51. The summed E-state index contributed by atoms with van der Waals surface area (Å²) in [5.41, 5.74) is 2.36. The average molecular weight is 366 g/mol. The van der Waals surface area contributed by atoms with Crippen LogP contribution in [-0.2, 0) is 21.2 Å². The molecule has 3 rings (SSSR count). The largest absolute Gasteiger partial charge is 0.465 e. The molecule has 1 aliphatic heterocycles. The molecular weight excluding hydrogens is 348 g/mol. The van der Waals surface area contributed by atoms with E-state index >= 15 is 0 Å². The van der Waals surface area contributed by atoms with Gasteiger partial charge in [0.2, 0.25) is 10.0 Å². The number of thiophene rings is 1. The molecule has 0 aliphatic carbocycles. The highest BCUT2D eigenvalue weighted by molar-refractivity contribution is 7.89. The predicted octanol–water partition coefficient (Wildman–Crippen LogP) is 1.70. The fourth-order valence-electron chi connectivity index (χ4n) is 2.72. The normalized spacial score (nSPS) is 17.3. The van der Waals surface area contributed by atoms with Gasteiger partial charge in [-0.1, -0.05) is 24.3 Å². The molecule has 6 nitrogen and oxygen atoms in total. The number of carbonyl (C=O) groups is 1. The van der Waals surface area contributed by atoms with E-state index in [9.17, 15) is 13.2 Å². The van der Waals surface area contributed by atoms with Gasteiger partial charge < -0.3 is 10.1 Å². The lowest BCUT2D eigenvalue weighted by Gasteiger charge is -2.27. The molecule has 128 valence electrons. The molecule has 0 amide bonds. The van der Waals surface area contributed by atoms with Gasteiger partial charge in [0.1, 0.15) is 4.88 Å². The minimum atomic E-state index is -3.67. The van der Waals surface area contributed by atoms with Crippen molar-refractivity contribution in [3.05, 3.63) is 51.7 Å². The zero-order valence-electron chi connectivity index (χ0n) is 13.1. The summed E-state index contributed by atoms with van der Waals surface area (Å²) in [6.07, 6.45) is 0.937. The highest BCUT2D eigenvalue weighted by Crippen LogP contribution is 2.23. The molecule has 1 atom stereocenters. The fourth-order valence-corrected chi connectivity index (χ4v) is 4.96. The number of carbonyl (C=O) groups excluding carboxylic acids is 1. The van der Waals surface area contributed by atoms with E-state index in [-0.39, 0.29) is 22.4 Å². The van der Waals surface area contributed by atoms with Crippen molar-refractivity contribution >= 4 is 27.3 Å². The summed E-state index contributed by atoms with van der Waals surface area (Å²) >= 11 is 1.05. The molecule has 0 saturated carbocycles. The molecule has 1 aromatic carbocycles. The third-order valence-corrected chi connectivity index (χ3v) is 6.43. The van der Waals surface area contributed by atoms with Crippen molar-refractivity contribution in [1.29, 1.82) is 0 Å². The summed E-state index contributed by atoms with van der Waals surface area (Å²) in [4.78, 5) is 11.8. The molecule has 8 heteroatoms. The Morgan fingerprint density at radius 3 is 3.00 bits per heavy atom. The number of fused-ring (bicyclic) bond motifs is 1. The number of esters is 1. The van der Waals surface area contributed by atoms with Crippen LogP contribution in [0.5, 0.6) is 0 Å². The second kappa shape index (κ2) is 7.02. The van der Waals surface area contributed by atoms with Crippen molar-refractivity contribution in [2.24, 2.45) is 0 Å². The van der Waals surface area contributed by atoms with E-state index < -0.39 is 16.0 Å². The van der Waals surface area contributed by atoms with Crippen LogP contribution in [0, 0.1) is 0 Å². The van der Waals surface area contributed by atoms with Crippen LogP contribution >= 0.6 is 11.3 Å². The Hall–Kier alpha value is -1.74.